The lowest BCUT2D eigenvalue weighted by molar-refractivity contribution is 0.112. The number of aliphatic hydroxyl groups excluding tert-OH is 1. The summed E-state index contributed by atoms with van der Waals surface area (Å²) in [6.45, 7) is -0.406. The number of nitrogens with zero attached hydrogens (tertiary/aromatic N) is 1. The van der Waals surface area contributed by atoms with Crippen molar-refractivity contribution in [3.63, 3.8) is 0 Å². The Labute approximate surface area is 93.0 Å². The minimum Gasteiger partial charge on any atom is -0.389 e. The Hall–Kier alpha value is -1.22. The molecular formula is C8H12N2O5S. The average Bonchev–Trinajstić information content (AvgIpc) is 2.24. The Morgan fingerprint density at radius 2 is 2.06 bits per heavy atom. The molecule has 1 aromatic rings. The molecule has 1 aromatic heterocycles. The summed E-state index contributed by atoms with van der Waals surface area (Å²) in [5.41, 5.74) is 0.737. The van der Waals surface area contributed by atoms with Crippen LogP contribution in [0.25, 0.3) is 0 Å². The molecule has 1 rings (SSSR count). The molecule has 0 saturated carbocycles. The van der Waals surface area contributed by atoms with E-state index in [0.29, 0.717) is 0 Å². The van der Waals surface area contributed by atoms with Crippen LogP contribution in [0.4, 0.5) is 5.69 Å². The van der Waals surface area contributed by atoms with Crippen LogP contribution >= 0.6 is 0 Å². The predicted octanol–water partition coefficient (Wildman–Crippen LogP) is -0.326. The zero-order chi connectivity index (χ0) is 12.0. The van der Waals surface area contributed by atoms with E-state index >= 15 is 0 Å². The SMILES string of the molecule is O=S(=O)(O)OCC(O)CNc1ccncc1. The summed E-state index contributed by atoms with van der Waals surface area (Å²) in [6.07, 6.45) is 2.10. The molecule has 90 valence electrons. The standard InChI is InChI=1S/C8H12N2O5S/c11-8(6-15-16(12,13)14)5-10-7-1-3-9-4-2-7/h1-4,8,11H,5-6H2,(H,9,10)(H,12,13,14). The zero-order valence-electron chi connectivity index (χ0n) is 8.28. The van der Waals surface area contributed by atoms with Gasteiger partial charge < -0.3 is 10.4 Å². The smallest absolute Gasteiger partial charge is 0.389 e. The van der Waals surface area contributed by atoms with E-state index < -0.39 is 23.1 Å². The van der Waals surface area contributed by atoms with Crippen LogP contribution in [0.3, 0.4) is 0 Å². The molecule has 0 fully saturated rings. The molecule has 1 heterocycles. The summed E-state index contributed by atoms with van der Waals surface area (Å²) in [6, 6.07) is 3.38. The van der Waals surface area contributed by atoms with Crippen molar-refractivity contribution >= 4 is 16.1 Å². The molecule has 7 nitrogen and oxygen atoms in total. The number of anilines is 1. The van der Waals surface area contributed by atoms with Crippen molar-refractivity contribution in [1.29, 1.82) is 0 Å². The molecule has 0 amide bonds. The molecule has 0 aliphatic carbocycles. The molecule has 1 atom stereocenters. The monoisotopic (exact) mass is 248 g/mol. The van der Waals surface area contributed by atoms with Gasteiger partial charge >= 0.3 is 10.4 Å². The third kappa shape index (κ3) is 5.61. The van der Waals surface area contributed by atoms with Crippen LogP contribution in [-0.4, -0.2) is 42.3 Å². The van der Waals surface area contributed by atoms with E-state index in [9.17, 15) is 13.5 Å². The lowest BCUT2D eigenvalue weighted by atomic mass is 10.3. The summed E-state index contributed by atoms with van der Waals surface area (Å²) < 4.78 is 32.7. The highest BCUT2D eigenvalue weighted by molar-refractivity contribution is 7.80. The molecule has 0 radical (unpaired) electrons. The Morgan fingerprint density at radius 1 is 1.44 bits per heavy atom. The second kappa shape index (κ2) is 5.75. The van der Waals surface area contributed by atoms with Crippen molar-refractivity contribution in [2.24, 2.45) is 0 Å². The number of nitrogens with one attached hydrogen (secondary N) is 1. The first-order valence-electron chi connectivity index (χ1n) is 4.41. The largest absolute Gasteiger partial charge is 0.397 e. The molecule has 3 N–H and O–H groups in total. The van der Waals surface area contributed by atoms with E-state index in [1.54, 1.807) is 24.5 Å². The van der Waals surface area contributed by atoms with Crippen LogP contribution in [0.15, 0.2) is 24.5 Å². The lowest BCUT2D eigenvalue weighted by Gasteiger charge is -2.11. The van der Waals surface area contributed by atoms with Crippen molar-refractivity contribution in [2.45, 2.75) is 6.10 Å². The van der Waals surface area contributed by atoms with Gasteiger partial charge in [0.2, 0.25) is 0 Å². The summed E-state index contributed by atoms with van der Waals surface area (Å²) in [5.74, 6) is 0. The van der Waals surface area contributed by atoms with Gasteiger partial charge in [-0.05, 0) is 12.1 Å². The average molecular weight is 248 g/mol. The van der Waals surface area contributed by atoms with Gasteiger partial charge in [-0.3, -0.25) is 9.54 Å². The third-order valence-corrected chi connectivity index (χ3v) is 2.07. The van der Waals surface area contributed by atoms with Gasteiger partial charge in [-0.25, -0.2) is 4.18 Å². The Morgan fingerprint density at radius 3 is 2.62 bits per heavy atom. The molecule has 8 heteroatoms. The Balaban J connectivity index is 2.28. The van der Waals surface area contributed by atoms with Gasteiger partial charge in [0, 0.05) is 24.6 Å². The molecule has 0 saturated heterocycles. The highest BCUT2D eigenvalue weighted by Gasteiger charge is 2.10. The number of hydrogen-bond donors (Lipinski definition) is 3. The molecule has 0 aliphatic heterocycles. The van der Waals surface area contributed by atoms with E-state index in [0.717, 1.165) is 5.69 Å². The van der Waals surface area contributed by atoms with Gasteiger partial charge in [-0.1, -0.05) is 0 Å². The molecular weight excluding hydrogens is 236 g/mol. The van der Waals surface area contributed by atoms with Crippen molar-refractivity contribution in [3.8, 4) is 0 Å². The first kappa shape index (κ1) is 12.8. The second-order valence-electron chi connectivity index (χ2n) is 2.98. The molecule has 0 spiro atoms. The van der Waals surface area contributed by atoms with Gasteiger partial charge in [-0.2, -0.15) is 8.42 Å². The molecule has 0 bridgehead atoms. The fourth-order valence-electron chi connectivity index (χ4n) is 0.929. The van der Waals surface area contributed by atoms with E-state index in [2.05, 4.69) is 14.5 Å². The summed E-state index contributed by atoms with van der Waals surface area (Å²) in [4.78, 5) is 3.80. The lowest BCUT2D eigenvalue weighted by Crippen LogP contribution is -2.26. The first-order chi connectivity index (χ1) is 7.47. The minimum atomic E-state index is -4.50. The maximum atomic E-state index is 10.2. The van der Waals surface area contributed by atoms with Crippen LogP contribution in [0.1, 0.15) is 0 Å². The van der Waals surface area contributed by atoms with Gasteiger partial charge in [-0.15, -0.1) is 0 Å². The van der Waals surface area contributed by atoms with E-state index in [-0.39, 0.29) is 6.54 Å². The fourth-order valence-corrected chi connectivity index (χ4v) is 1.26. The molecule has 1 unspecified atom stereocenters. The Bertz CT molecular complexity index is 408. The molecule has 16 heavy (non-hydrogen) atoms. The second-order valence-corrected chi connectivity index (χ2v) is 4.07. The number of aromatic nitrogens is 1. The molecule has 0 aliphatic rings. The van der Waals surface area contributed by atoms with Gasteiger partial charge in [0.1, 0.15) is 0 Å². The minimum absolute atomic E-state index is 0.0968. The van der Waals surface area contributed by atoms with Gasteiger partial charge in [0.25, 0.3) is 0 Å². The number of aliphatic hydroxyl groups is 1. The summed E-state index contributed by atoms with van der Waals surface area (Å²) in [7, 11) is -4.50. The summed E-state index contributed by atoms with van der Waals surface area (Å²) in [5, 5.41) is 12.1. The zero-order valence-corrected chi connectivity index (χ0v) is 9.09. The predicted molar refractivity (Wildman–Crippen MR) is 56.2 cm³/mol. The topological polar surface area (TPSA) is 109 Å². The summed E-state index contributed by atoms with van der Waals surface area (Å²) >= 11 is 0. The fraction of sp³-hybridized carbons (Fsp3) is 0.375. The van der Waals surface area contributed by atoms with Crippen molar-refractivity contribution in [3.05, 3.63) is 24.5 Å². The van der Waals surface area contributed by atoms with Crippen LogP contribution in [0.5, 0.6) is 0 Å². The van der Waals surface area contributed by atoms with Gasteiger partial charge in [0.05, 0.1) is 12.7 Å². The van der Waals surface area contributed by atoms with Gasteiger partial charge in [0.15, 0.2) is 0 Å². The third-order valence-electron chi connectivity index (χ3n) is 1.63. The maximum absolute atomic E-state index is 10.2. The van der Waals surface area contributed by atoms with E-state index in [4.69, 9.17) is 4.55 Å². The number of rotatable bonds is 6. The highest BCUT2D eigenvalue weighted by atomic mass is 32.3. The quantitative estimate of drug-likeness (QED) is 0.591. The van der Waals surface area contributed by atoms with Crippen LogP contribution in [0, 0.1) is 0 Å². The number of hydrogen-bond acceptors (Lipinski definition) is 6. The van der Waals surface area contributed by atoms with Crippen LogP contribution in [-0.2, 0) is 14.6 Å². The maximum Gasteiger partial charge on any atom is 0.397 e. The number of pyridine rings is 1. The van der Waals surface area contributed by atoms with Crippen molar-refractivity contribution < 1.29 is 22.3 Å². The molecule has 0 aromatic carbocycles. The Kier molecular flexibility index (Phi) is 4.62. The van der Waals surface area contributed by atoms with E-state index in [1.165, 1.54) is 0 Å². The van der Waals surface area contributed by atoms with Crippen LogP contribution < -0.4 is 5.32 Å². The van der Waals surface area contributed by atoms with E-state index in [1.807, 2.05) is 0 Å². The van der Waals surface area contributed by atoms with Crippen molar-refractivity contribution in [1.82, 2.24) is 4.98 Å². The normalized spacial score (nSPS) is 13.4. The highest BCUT2D eigenvalue weighted by Crippen LogP contribution is 2.03. The first-order valence-corrected chi connectivity index (χ1v) is 5.78. The van der Waals surface area contributed by atoms with Crippen LogP contribution in [0.2, 0.25) is 0 Å². The van der Waals surface area contributed by atoms with Crippen molar-refractivity contribution in [2.75, 3.05) is 18.5 Å².